The highest BCUT2D eigenvalue weighted by molar-refractivity contribution is 9.10. The largest absolute Gasteiger partial charge is 0.493 e. The molecule has 2 aromatic carbocycles. The van der Waals surface area contributed by atoms with Crippen LogP contribution >= 0.6 is 28.1 Å². The lowest BCUT2D eigenvalue weighted by Gasteiger charge is -2.14. The van der Waals surface area contributed by atoms with Gasteiger partial charge in [-0.15, -0.1) is 0 Å². The number of ether oxygens (including phenoxy) is 2. The van der Waals surface area contributed by atoms with Crippen LogP contribution in [0.15, 0.2) is 40.9 Å². The molecule has 0 aromatic heterocycles. The summed E-state index contributed by atoms with van der Waals surface area (Å²) in [6.45, 7) is 0.293. The van der Waals surface area contributed by atoms with E-state index in [0.29, 0.717) is 28.1 Å². The molecule has 0 fully saturated rings. The van der Waals surface area contributed by atoms with Crippen LogP contribution in [0.3, 0.4) is 0 Å². The van der Waals surface area contributed by atoms with Gasteiger partial charge in [-0.05, 0) is 45.8 Å². The van der Waals surface area contributed by atoms with E-state index in [1.807, 2.05) is 0 Å². The van der Waals surface area contributed by atoms with Gasteiger partial charge in [-0.3, -0.25) is 0 Å². The molecule has 0 spiro atoms. The molecule has 3 nitrogen and oxygen atoms in total. The van der Waals surface area contributed by atoms with E-state index in [1.165, 1.54) is 19.2 Å². The maximum atomic E-state index is 12.9. The normalized spacial score (nSPS) is 10.2. The summed E-state index contributed by atoms with van der Waals surface area (Å²) in [5.74, 6) is 0.787. The Bertz CT molecular complexity index is 661. The lowest BCUT2D eigenvalue weighted by molar-refractivity contribution is 0.282. The van der Waals surface area contributed by atoms with Gasteiger partial charge >= 0.3 is 0 Å². The van der Waals surface area contributed by atoms with Crippen LogP contribution in [0.4, 0.5) is 4.39 Å². The van der Waals surface area contributed by atoms with Crippen molar-refractivity contribution in [3.05, 3.63) is 57.8 Å². The lowest BCUT2D eigenvalue weighted by atomic mass is 10.2. The monoisotopic (exact) mass is 369 g/mol. The Hall–Kier alpha value is -1.66. The molecule has 0 atom stereocenters. The van der Waals surface area contributed by atoms with Gasteiger partial charge in [0.2, 0.25) is 0 Å². The smallest absolute Gasteiger partial charge is 0.175 e. The van der Waals surface area contributed by atoms with Gasteiger partial charge in [-0.2, -0.15) is 0 Å². The van der Waals surface area contributed by atoms with Crippen LogP contribution in [-0.2, 0) is 6.61 Å². The Morgan fingerprint density at radius 3 is 2.52 bits per heavy atom. The molecule has 2 N–H and O–H groups in total. The average Bonchev–Trinajstić information content (AvgIpc) is 2.46. The topological polar surface area (TPSA) is 44.5 Å². The van der Waals surface area contributed by atoms with Crippen molar-refractivity contribution in [2.45, 2.75) is 6.61 Å². The summed E-state index contributed by atoms with van der Waals surface area (Å²) in [6.07, 6.45) is 0. The fraction of sp³-hybridized carbons (Fsp3) is 0.133. The Kier molecular flexibility index (Phi) is 5.14. The highest BCUT2D eigenvalue weighted by atomic mass is 79.9. The summed E-state index contributed by atoms with van der Waals surface area (Å²) in [7, 11) is 1.54. The van der Waals surface area contributed by atoms with Gasteiger partial charge in [0.15, 0.2) is 11.5 Å². The minimum absolute atomic E-state index is 0.277. The van der Waals surface area contributed by atoms with Crippen LogP contribution in [0, 0.1) is 5.82 Å². The van der Waals surface area contributed by atoms with E-state index in [2.05, 4.69) is 15.9 Å². The van der Waals surface area contributed by atoms with Crippen molar-refractivity contribution in [3.63, 3.8) is 0 Å². The molecule has 21 heavy (non-hydrogen) atoms. The van der Waals surface area contributed by atoms with Crippen molar-refractivity contribution in [2.24, 2.45) is 5.73 Å². The third-order valence-corrected chi connectivity index (χ3v) is 3.64. The molecule has 0 saturated heterocycles. The maximum absolute atomic E-state index is 12.9. The van der Waals surface area contributed by atoms with E-state index in [-0.39, 0.29) is 10.8 Å². The fourth-order valence-corrected chi connectivity index (χ4v) is 2.41. The van der Waals surface area contributed by atoms with Crippen molar-refractivity contribution >= 4 is 33.1 Å². The molecule has 2 rings (SSSR count). The third-order valence-electron chi connectivity index (χ3n) is 2.81. The van der Waals surface area contributed by atoms with Crippen molar-refractivity contribution in [1.29, 1.82) is 0 Å². The Labute approximate surface area is 136 Å². The standard InChI is InChI=1S/C15H13BrFNO2S/c1-19-13-7-10(15(18)21)6-12(16)14(13)20-8-9-2-4-11(17)5-3-9/h2-7H,8H2,1H3,(H2,18,21). The summed E-state index contributed by atoms with van der Waals surface area (Å²) in [5.41, 5.74) is 7.15. The number of halogens is 2. The Morgan fingerprint density at radius 1 is 1.29 bits per heavy atom. The van der Waals surface area contributed by atoms with E-state index >= 15 is 0 Å². The summed E-state index contributed by atoms with van der Waals surface area (Å²) in [4.78, 5) is 0.277. The second-order valence-corrected chi connectivity index (χ2v) is 5.56. The summed E-state index contributed by atoms with van der Waals surface area (Å²) >= 11 is 8.36. The quantitative estimate of drug-likeness (QED) is 0.813. The minimum atomic E-state index is -0.279. The summed E-state index contributed by atoms with van der Waals surface area (Å²) < 4.78 is 24.6. The van der Waals surface area contributed by atoms with Crippen molar-refractivity contribution in [3.8, 4) is 11.5 Å². The number of hydrogen-bond donors (Lipinski definition) is 1. The molecular weight excluding hydrogens is 357 g/mol. The Balaban J connectivity index is 2.23. The zero-order valence-corrected chi connectivity index (χ0v) is 13.6. The Morgan fingerprint density at radius 2 is 1.95 bits per heavy atom. The van der Waals surface area contributed by atoms with Gasteiger partial charge in [0.1, 0.15) is 17.4 Å². The number of thiocarbonyl (C=S) groups is 1. The third kappa shape index (κ3) is 3.92. The molecule has 0 bridgehead atoms. The molecule has 2 aromatic rings. The van der Waals surface area contributed by atoms with Gasteiger partial charge in [-0.25, -0.2) is 4.39 Å². The second kappa shape index (κ2) is 6.87. The van der Waals surface area contributed by atoms with Gasteiger partial charge in [0.05, 0.1) is 11.6 Å². The maximum Gasteiger partial charge on any atom is 0.175 e. The first kappa shape index (κ1) is 15.7. The predicted molar refractivity (Wildman–Crippen MR) is 87.3 cm³/mol. The highest BCUT2D eigenvalue weighted by Gasteiger charge is 2.13. The van der Waals surface area contributed by atoms with Crippen LogP contribution in [0.5, 0.6) is 11.5 Å². The summed E-state index contributed by atoms with van der Waals surface area (Å²) in [5, 5.41) is 0. The van der Waals surface area contributed by atoms with E-state index in [9.17, 15) is 4.39 Å². The summed E-state index contributed by atoms with van der Waals surface area (Å²) in [6, 6.07) is 9.60. The molecule has 110 valence electrons. The first-order valence-corrected chi connectivity index (χ1v) is 7.26. The van der Waals surface area contributed by atoms with E-state index < -0.39 is 0 Å². The second-order valence-electron chi connectivity index (χ2n) is 4.27. The molecule has 0 unspecified atom stereocenters. The highest BCUT2D eigenvalue weighted by Crippen LogP contribution is 2.37. The number of hydrogen-bond acceptors (Lipinski definition) is 3. The van der Waals surface area contributed by atoms with Crippen molar-refractivity contribution in [1.82, 2.24) is 0 Å². The number of rotatable bonds is 5. The van der Waals surface area contributed by atoms with Crippen molar-refractivity contribution < 1.29 is 13.9 Å². The van der Waals surface area contributed by atoms with Crippen molar-refractivity contribution in [2.75, 3.05) is 7.11 Å². The van der Waals surface area contributed by atoms with Crippen LogP contribution in [0.2, 0.25) is 0 Å². The molecular formula is C15H13BrFNO2S. The predicted octanol–water partition coefficient (Wildman–Crippen LogP) is 3.81. The molecule has 0 amide bonds. The van der Waals surface area contributed by atoms with Crippen LogP contribution in [-0.4, -0.2) is 12.1 Å². The van der Waals surface area contributed by atoms with Gasteiger partial charge in [0.25, 0.3) is 0 Å². The van der Waals surface area contributed by atoms with Gasteiger partial charge in [0, 0.05) is 5.56 Å². The minimum Gasteiger partial charge on any atom is -0.493 e. The first-order chi connectivity index (χ1) is 10.0. The number of methoxy groups -OCH3 is 1. The zero-order valence-electron chi connectivity index (χ0n) is 11.2. The lowest BCUT2D eigenvalue weighted by Crippen LogP contribution is -2.10. The SMILES string of the molecule is COc1cc(C(N)=S)cc(Br)c1OCc1ccc(F)cc1. The first-order valence-electron chi connectivity index (χ1n) is 6.06. The molecule has 0 heterocycles. The zero-order chi connectivity index (χ0) is 15.4. The van der Waals surface area contributed by atoms with Gasteiger partial charge in [-0.1, -0.05) is 24.4 Å². The molecule has 0 aliphatic rings. The molecule has 0 radical (unpaired) electrons. The van der Waals surface area contributed by atoms with E-state index in [4.69, 9.17) is 27.4 Å². The fourth-order valence-electron chi connectivity index (χ4n) is 1.74. The van der Waals surface area contributed by atoms with Gasteiger partial charge < -0.3 is 15.2 Å². The number of nitrogens with two attached hydrogens (primary N) is 1. The number of benzene rings is 2. The molecule has 6 heteroatoms. The molecule has 0 saturated carbocycles. The molecule has 0 aliphatic carbocycles. The van der Waals surface area contributed by atoms with Crippen LogP contribution < -0.4 is 15.2 Å². The molecule has 0 aliphatic heterocycles. The van der Waals surface area contributed by atoms with E-state index in [1.54, 1.807) is 24.3 Å². The van der Waals surface area contributed by atoms with Crippen LogP contribution in [0.25, 0.3) is 0 Å². The van der Waals surface area contributed by atoms with Crippen LogP contribution in [0.1, 0.15) is 11.1 Å². The van der Waals surface area contributed by atoms with E-state index in [0.717, 1.165) is 5.56 Å². The average molecular weight is 370 g/mol.